The molecule has 0 bridgehead atoms. The first-order valence-electron chi connectivity index (χ1n) is 6.37. The monoisotopic (exact) mass is 226 g/mol. The number of rotatable bonds is 3. The summed E-state index contributed by atoms with van der Waals surface area (Å²) in [5, 5.41) is 3.10. The Morgan fingerprint density at radius 3 is 2.06 bits per heavy atom. The highest BCUT2D eigenvalue weighted by molar-refractivity contribution is 5.82. The second-order valence-corrected chi connectivity index (χ2v) is 6.17. The Hall–Kier alpha value is -0.570. The van der Waals surface area contributed by atoms with E-state index >= 15 is 0 Å². The first-order chi connectivity index (χ1) is 7.31. The molecule has 0 aromatic carbocycles. The van der Waals surface area contributed by atoms with Gasteiger partial charge in [0.05, 0.1) is 6.04 Å². The molecule has 1 rings (SSSR count). The van der Waals surface area contributed by atoms with Gasteiger partial charge in [0, 0.05) is 5.54 Å². The summed E-state index contributed by atoms with van der Waals surface area (Å²) in [7, 11) is 0. The SMILES string of the molecule is CC(C)C(C(=O)NC(C)(C)C)N1CCCC1. The Kier molecular flexibility index (Phi) is 4.36. The van der Waals surface area contributed by atoms with Crippen LogP contribution in [-0.2, 0) is 4.79 Å². The minimum Gasteiger partial charge on any atom is -0.350 e. The van der Waals surface area contributed by atoms with Crippen molar-refractivity contribution in [1.82, 2.24) is 10.2 Å². The van der Waals surface area contributed by atoms with Gasteiger partial charge in [0.2, 0.25) is 5.91 Å². The lowest BCUT2D eigenvalue weighted by molar-refractivity contribution is -0.129. The van der Waals surface area contributed by atoms with E-state index in [0.29, 0.717) is 5.92 Å². The Labute approximate surface area is 99.6 Å². The van der Waals surface area contributed by atoms with E-state index in [1.807, 2.05) is 20.8 Å². The van der Waals surface area contributed by atoms with Gasteiger partial charge in [-0.2, -0.15) is 0 Å². The van der Waals surface area contributed by atoms with Crippen LogP contribution in [0.25, 0.3) is 0 Å². The summed E-state index contributed by atoms with van der Waals surface area (Å²) in [6.07, 6.45) is 2.46. The second-order valence-electron chi connectivity index (χ2n) is 6.17. The first-order valence-corrected chi connectivity index (χ1v) is 6.37. The van der Waals surface area contributed by atoms with Gasteiger partial charge in [0.25, 0.3) is 0 Å². The number of nitrogens with zero attached hydrogens (tertiary/aromatic N) is 1. The van der Waals surface area contributed by atoms with Crippen molar-refractivity contribution in [2.45, 2.75) is 59.0 Å². The third-order valence-corrected chi connectivity index (χ3v) is 2.93. The van der Waals surface area contributed by atoms with Crippen molar-refractivity contribution >= 4 is 5.91 Å². The van der Waals surface area contributed by atoms with Crippen LogP contribution >= 0.6 is 0 Å². The largest absolute Gasteiger partial charge is 0.350 e. The number of amides is 1. The van der Waals surface area contributed by atoms with Crippen LogP contribution in [0.2, 0.25) is 0 Å². The number of hydrogen-bond acceptors (Lipinski definition) is 2. The molecule has 94 valence electrons. The van der Waals surface area contributed by atoms with Crippen molar-refractivity contribution < 1.29 is 4.79 Å². The van der Waals surface area contributed by atoms with Gasteiger partial charge < -0.3 is 5.32 Å². The molecule has 1 N–H and O–H groups in total. The molecule has 1 unspecified atom stereocenters. The summed E-state index contributed by atoms with van der Waals surface area (Å²) < 4.78 is 0. The van der Waals surface area contributed by atoms with Crippen LogP contribution in [0.3, 0.4) is 0 Å². The van der Waals surface area contributed by atoms with E-state index in [9.17, 15) is 4.79 Å². The molecule has 0 aromatic heterocycles. The second kappa shape index (κ2) is 5.17. The molecule has 1 saturated heterocycles. The molecular formula is C13H26N2O. The maximum Gasteiger partial charge on any atom is 0.238 e. The molecule has 3 nitrogen and oxygen atoms in total. The van der Waals surface area contributed by atoms with Crippen molar-refractivity contribution in [1.29, 1.82) is 0 Å². The molecule has 1 fully saturated rings. The fraction of sp³-hybridized carbons (Fsp3) is 0.923. The van der Waals surface area contributed by atoms with E-state index in [1.54, 1.807) is 0 Å². The quantitative estimate of drug-likeness (QED) is 0.798. The van der Waals surface area contributed by atoms with Crippen LogP contribution < -0.4 is 5.32 Å². The maximum absolute atomic E-state index is 12.2. The molecule has 1 heterocycles. The highest BCUT2D eigenvalue weighted by Gasteiger charge is 2.32. The molecular weight excluding hydrogens is 200 g/mol. The topological polar surface area (TPSA) is 32.3 Å². The summed E-state index contributed by atoms with van der Waals surface area (Å²) in [6, 6.07) is 0.0433. The fourth-order valence-corrected chi connectivity index (χ4v) is 2.35. The molecule has 3 heteroatoms. The van der Waals surface area contributed by atoms with E-state index in [-0.39, 0.29) is 17.5 Å². The predicted molar refractivity (Wildman–Crippen MR) is 67.3 cm³/mol. The lowest BCUT2D eigenvalue weighted by Crippen LogP contribution is -2.53. The summed E-state index contributed by atoms with van der Waals surface area (Å²) in [5.41, 5.74) is -0.135. The zero-order chi connectivity index (χ0) is 12.3. The van der Waals surface area contributed by atoms with Crippen LogP contribution in [0.1, 0.15) is 47.5 Å². The van der Waals surface area contributed by atoms with Crippen LogP contribution in [0, 0.1) is 5.92 Å². The Morgan fingerprint density at radius 2 is 1.69 bits per heavy atom. The van der Waals surface area contributed by atoms with Gasteiger partial charge in [0.15, 0.2) is 0 Å². The highest BCUT2D eigenvalue weighted by Crippen LogP contribution is 2.18. The van der Waals surface area contributed by atoms with Gasteiger partial charge in [-0.15, -0.1) is 0 Å². The third kappa shape index (κ3) is 3.78. The van der Waals surface area contributed by atoms with Gasteiger partial charge >= 0.3 is 0 Å². The normalized spacial score (nSPS) is 20.1. The van der Waals surface area contributed by atoms with Crippen LogP contribution in [0.5, 0.6) is 0 Å². The van der Waals surface area contributed by atoms with Gasteiger partial charge in [-0.25, -0.2) is 0 Å². The molecule has 0 spiro atoms. The standard InChI is InChI=1S/C13H26N2O/c1-10(2)11(15-8-6-7-9-15)12(16)14-13(3,4)5/h10-11H,6-9H2,1-5H3,(H,14,16). The molecule has 1 amide bonds. The number of carbonyl (C=O) groups is 1. The van der Waals surface area contributed by atoms with E-state index < -0.39 is 0 Å². The molecule has 1 aliphatic heterocycles. The fourth-order valence-electron chi connectivity index (χ4n) is 2.35. The molecule has 1 aliphatic rings. The van der Waals surface area contributed by atoms with Gasteiger partial charge in [-0.05, 0) is 52.6 Å². The number of carbonyl (C=O) groups excluding carboxylic acids is 1. The zero-order valence-corrected chi connectivity index (χ0v) is 11.3. The average molecular weight is 226 g/mol. The Morgan fingerprint density at radius 1 is 1.19 bits per heavy atom. The van der Waals surface area contributed by atoms with Crippen LogP contribution in [0.4, 0.5) is 0 Å². The number of hydrogen-bond donors (Lipinski definition) is 1. The summed E-state index contributed by atoms with van der Waals surface area (Å²) >= 11 is 0. The van der Waals surface area contributed by atoms with Crippen molar-refractivity contribution in [3.63, 3.8) is 0 Å². The number of nitrogens with one attached hydrogen (secondary N) is 1. The molecule has 0 aromatic rings. The third-order valence-electron chi connectivity index (χ3n) is 2.93. The minimum absolute atomic E-state index is 0.0433. The molecule has 0 saturated carbocycles. The summed E-state index contributed by atoms with van der Waals surface area (Å²) in [4.78, 5) is 14.6. The van der Waals surface area contributed by atoms with E-state index in [1.165, 1.54) is 12.8 Å². The smallest absolute Gasteiger partial charge is 0.238 e. The van der Waals surface area contributed by atoms with Crippen LogP contribution in [0.15, 0.2) is 0 Å². The van der Waals surface area contributed by atoms with Crippen molar-refractivity contribution in [3.05, 3.63) is 0 Å². The lowest BCUT2D eigenvalue weighted by atomic mass is 10.00. The summed E-state index contributed by atoms with van der Waals surface area (Å²) in [6.45, 7) is 12.5. The molecule has 0 radical (unpaired) electrons. The first kappa shape index (κ1) is 13.5. The average Bonchev–Trinajstić information content (AvgIpc) is 2.52. The van der Waals surface area contributed by atoms with Gasteiger partial charge in [0.1, 0.15) is 0 Å². The summed E-state index contributed by atoms with van der Waals surface area (Å²) in [5.74, 6) is 0.560. The Bertz CT molecular complexity index is 237. The predicted octanol–water partition coefficient (Wildman–Crippen LogP) is 2.02. The van der Waals surface area contributed by atoms with Gasteiger partial charge in [-0.3, -0.25) is 9.69 Å². The number of likely N-dealkylation sites (tertiary alicyclic amines) is 1. The highest BCUT2D eigenvalue weighted by atomic mass is 16.2. The van der Waals surface area contributed by atoms with Crippen molar-refractivity contribution in [2.24, 2.45) is 5.92 Å². The molecule has 1 atom stereocenters. The van der Waals surface area contributed by atoms with Crippen LogP contribution in [-0.4, -0.2) is 35.5 Å². The zero-order valence-electron chi connectivity index (χ0n) is 11.3. The molecule has 0 aliphatic carbocycles. The van der Waals surface area contributed by atoms with Crippen molar-refractivity contribution in [2.75, 3.05) is 13.1 Å². The Balaban J connectivity index is 2.66. The van der Waals surface area contributed by atoms with Gasteiger partial charge in [-0.1, -0.05) is 13.8 Å². The van der Waals surface area contributed by atoms with Crippen molar-refractivity contribution in [3.8, 4) is 0 Å². The minimum atomic E-state index is -0.135. The van der Waals surface area contributed by atoms with E-state index in [4.69, 9.17) is 0 Å². The lowest BCUT2D eigenvalue weighted by Gasteiger charge is -2.32. The maximum atomic E-state index is 12.2. The van der Waals surface area contributed by atoms with E-state index in [0.717, 1.165) is 13.1 Å². The van der Waals surface area contributed by atoms with E-state index in [2.05, 4.69) is 24.1 Å². The molecule has 16 heavy (non-hydrogen) atoms.